The zero-order valence-corrected chi connectivity index (χ0v) is 16.8. The number of hydrogen-bond donors (Lipinski definition) is 2. The number of fused-ring (bicyclic) bond motifs is 1. The first-order valence-corrected chi connectivity index (χ1v) is 9.20. The van der Waals surface area contributed by atoms with E-state index in [1.54, 1.807) is 0 Å². The number of rotatable bonds is 3. The quantitative estimate of drug-likeness (QED) is 0.774. The Kier molecular flexibility index (Phi) is 6.32. The average Bonchev–Trinajstić information content (AvgIpc) is 2.62. The number of carbonyl (C=O) groups is 1. The van der Waals surface area contributed by atoms with Crippen LogP contribution in [0.2, 0.25) is 0 Å². The van der Waals surface area contributed by atoms with Crippen LogP contribution in [-0.2, 0) is 16.7 Å². The van der Waals surface area contributed by atoms with Crippen molar-refractivity contribution in [2.24, 2.45) is 0 Å². The zero-order valence-electron chi connectivity index (χ0n) is 16.8. The number of nitrogens with one attached hydrogen (secondary N) is 2. The minimum Gasteiger partial charge on any atom is -0.444 e. The molecule has 0 bridgehead atoms. The lowest BCUT2D eigenvalue weighted by Gasteiger charge is -2.27. The van der Waals surface area contributed by atoms with Crippen molar-refractivity contribution in [1.82, 2.24) is 5.32 Å². The van der Waals surface area contributed by atoms with Crippen molar-refractivity contribution in [3.05, 3.63) is 53.3 Å². The van der Waals surface area contributed by atoms with Gasteiger partial charge in [-0.2, -0.15) is 5.26 Å². The number of nitriles is 1. The normalized spacial score (nSPS) is 18.9. The second-order valence-corrected chi connectivity index (χ2v) is 8.41. The maximum Gasteiger partial charge on any atom is 0.407 e. The second-order valence-electron chi connectivity index (χ2n) is 8.41. The highest BCUT2D eigenvalue weighted by atomic mass is 16.6. The topological polar surface area (TPSA) is 74.1 Å². The fourth-order valence-electron chi connectivity index (χ4n) is 2.90. The van der Waals surface area contributed by atoms with Gasteiger partial charge in [-0.1, -0.05) is 32.1 Å². The van der Waals surface area contributed by atoms with Gasteiger partial charge in [-0.05, 0) is 61.4 Å². The average molecular weight is 367 g/mol. The Labute approximate surface area is 162 Å². The van der Waals surface area contributed by atoms with E-state index >= 15 is 0 Å². The van der Waals surface area contributed by atoms with Crippen molar-refractivity contribution in [1.29, 1.82) is 5.26 Å². The Bertz CT molecular complexity index is 793. The summed E-state index contributed by atoms with van der Waals surface area (Å²) in [7, 11) is 0. The molecule has 2 N–H and O–H groups in total. The van der Waals surface area contributed by atoms with Crippen LogP contribution in [0.3, 0.4) is 0 Å². The van der Waals surface area contributed by atoms with Crippen molar-refractivity contribution in [2.75, 3.05) is 5.32 Å². The molecule has 0 aromatic heterocycles. The predicted molar refractivity (Wildman–Crippen MR) is 108 cm³/mol. The summed E-state index contributed by atoms with van der Waals surface area (Å²) in [5.41, 5.74) is 3.60. The molecule has 27 heavy (non-hydrogen) atoms. The first kappa shape index (κ1) is 20.6. The third kappa shape index (κ3) is 6.18. The van der Waals surface area contributed by atoms with Gasteiger partial charge in [0.1, 0.15) is 5.60 Å². The molecule has 144 valence electrons. The molecule has 5 nitrogen and oxygen atoms in total. The van der Waals surface area contributed by atoms with E-state index in [4.69, 9.17) is 10.00 Å². The third-order valence-electron chi connectivity index (χ3n) is 4.34. The number of hydrogen-bond acceptors (Lipinski definition) is 4. The van der Waals surface area contributed by atoms with Gasteiger partial charge in [-0.3, -0.25) is 0 Å². The summed E-state index contributed by atoms with van der Waals surface area (Å²) in [5.74, 6) is 0. The summed E-state index contributed by atoms with van der Waals surface area (Å²) in [4.78, 5) is 11.9. The smallest absolute Gasteiger partial charge is 0.407 e. The Balaban J connectivity index is 2.20. The molecular formula is C22H29N3O2. The highest BCUT2D eigenvalue weighted by molar-refractivity contribution is 5.68. The summed E-state index contributed by atoms with van der Waals surface area (Å²) in [6.07, 6.45) is 6.76. The SMILES string of the molecule is CC(C)(C)OC(=O)NCc1ccc2c(c1)C(C)(C)C/C=C(CC#N)\C=C/N2. The lowest BCUT2D eigenvalue weighted by atomic mass is 9.79. The van der Waals surface area contributed by atoms with E-state index in [1.165, 1.54) is 5.56 Å². The molecule has 0 aliphatic carbocycles. The van der Waals surface area contributed by atoms with Gasteiger partial charge in [0.05, 0.1) is 12.5 Å². The molecule has 0 saturated carbocycles. The number of anilines is 1. The van der Waals surface area contributed by atoms with E-state index in [-0.39, 0.29) is 5.41 Å². The molecule has 1 heterocycles. The number of benzene rings is 1. The molecule has 0 unspecified atom stereocenters. The van der Waals surface area contributed by atoms with Crippen molar-refractivity contribution in [2.45, 2.75) is 65.0 Å². The van der Waals surface area contributed by atoms with E-state index in [9.17, 15) is 4.79 Å². The Morgan fingerprint density at radius 2 is 2.11 bits per heavy atom. The highest BCUT2D eigenvalue weighted by Gasteiger charge is 2.24. The van der Waals surface area contributed by atoms with Gasteiger partial charge in [-0.15, -0.1) is 0 Å². The molecule has 5 heteroatoms. The lowest BCUT2D eigenvalue weighted by molar-refractivity contribution is 0.0523. The van der Waals surface area contributed by atoms with Crippen LogP contribution in [0.25, 0.3) is 0 Å². The minimum atomic E-state index is -0.514. The van der Waals surface area contributed by atoms with Crippen molar-refractivity contribution in [3.8, 4) is 6.07 Å². The molecule has 1 aromatic carbocycles. The predicted octanol–water partition coefficient (Wildman–Crippen LogP) is 5.16. The molecule has 0 atom stereocenters. The zero-order chi connectivity index (χ0) is 20.1. The third-order valence-corrected chi connectivity index (χ3v) is 4.34. The standard InChI is InChI=1S/C22H29N3O2/c1-21(2,3)27-20(26)25-15-17-6-7-19-18(14-17)22(4,5)11-8-16(9-12-23)10-13-24-19/h6-8,10,13-14,24H,9,11,15H2,1-5H3,(H,25,26)/b13-10-,16-8-. The summed E-state index contributed by atoms with van der Waals surface area (Å²) in [5, 5.41) is 15.1. The largest absolute Gasteiger partial charge is 0.444 e. The van der Waals surface area contributed by atoms with Crippen LogP contribution in [0.5, 0.6) is 0 Å². The number of amides is 1. The highest BCUT2D eigenvalue weighted by Crippen LogP contribution is 2.35. The first-order chi connectivity index (χ1) is 12.6. The Morgan fingerprint density at radius 1 is 1.37 bits per heavy atom. The lowest BCUT2D eigenvalue weighted by Crippen LogP contribution is -2.32. The van der Waals surface area contributed by atoms with Crippen LogP contribution >= 0.6 is 0 Å². The van der Waals surface area contributed by atoms with Crippen molar-refractivity contribution in [3.63, 3.8) is 0 Å². The maximum atomic E-state index is 11.9. The second kappa shape index (κ2) is 8.30. The minimum absolute atomic E-state index is 0.114. The van der Waals surface area contributed by atoms with Crippen molar-refractivity contribution >= 4 is 11.8 Å². The molecule has 0 radical (unpaired) electrons. The van der Waals surface area contributed by atoms with Crippen LogP contribution in [-0.4, -0.2) is 11.7 Å². The molecule has 0 spiro atoms. The molecule has 2 rings (SSSR count). The van der Waals surface area contributed by atoms with E-state index in [0.717, 1.165) is 23.2 Å². The Hall–Kier alpha value is -2.74. The Morgan fingerprint density at radius 3 is 2.78 bits per heavy atom. The van der Waals surface area contributed by atoms with Gasteiger partial charge in [0, 0.05) is 18.4 Å². The summed E-state index contributed by atoms with van der Waals surface area (Å²) < 4.78 is 5.30. The number of allylic oxidation sites excluding steroid dienone is 3. The monoisotopic (exact) mass is 367 g/mol. The number of nitrogens with zero attached hydrogens (tertiary/aromatic N) is 1. The van der Waals surface area contributed by atoms with Crippen LogP contribution in [0.4, 0.5) is 10.5 Å². The molecule has 1 aliphatic heterocycles. The molecular weight excluding hydrogens is 338 g/mol. The van der Waals surface area contributed by atoms with E-state index in [0.29, 0.717) is 13.0 Å². The van der Waals surface area contributed by atoms with Crippen LogP contribution in [0.15, 0.2) is 42.1 Å². The van der Waals surface area contributed by atoms with Crippen LogP contribution < -0.4 is 10.6 Å². The number of alkyl carbamates (subject to hydrolysis) is 1. The van der Waals surface area contributed by atoms with E-state index in [1.807, 2.05) is 45.2 Å². The first-order valence-electron chi connectivity index (χ1n) is 9.20. The summed E-state index contributed by atoms with van der Waals surface area (Å²) in [6, 6.07) is 8.35. The number of ether oxygens (including phenoxy) is 1. The summed E-state index contributed by atoms with van der Waals surface area (Å²) in [6.45, 7) is 10.3. The summed E-state index contributed by atoms with van der Waals surface area (Å²) >= 11 is 0. The van der Waals surface area contributed by atoms with Crippen LogP contribution in [0.1, 0.15) is 58.6 Å². The fraction of sp³-hybridized carbons (Fsp3) is 0.455. The molecule has 0 saturated heterocycles. The van der Waals surface area contributed by atoms with Crippen LogP contribution in [0, 0.1) is 11.3 Å². The van der Waals surface area contributed by atoms with E-state index < -0.39 is 11.7 Å². The van der Waals surface area contributed by atoms with Gasteiger partial charge in [0.15, 0.2) is 0 Å². The fourth-order valence-corrected chi connectivity index (χ4v) is 2.90. The van der Waals surface area contributed by atoms with Gasteiger partial charge >= 0.3 is 6.09 Å². The van der Waals surface area contributed by atoms with Gasteiger partial charge in [0.25, 0.3) is 0 Å². The van der Waals surface area contributed by atoms with E-state index in [2.05, 4.69) is 42.7 Å². The van der Waals surface area contributed by atoms with Gasteiger partial charge < -0.3 is 15.4 Å². The molecule has 1 aromatic rings. The van der Waals surface area contributed by atoms with Gasteiger partial charge in [-0.25, -0.2) is 4.79 Å². The maximum absolute atomic E-state index is 11.9. The molecule has 0 fully saturated rings. The molecule has 1 amide bonds. The molecule has 1 aliphatic rings. The number of carbonyl (C=O) groups excluding carboxylic acids is 1. The van der Waals surface area contributed by atoms with Gasteiger partial charge in [0.2, 0.25) is 0 Å². The van der Waals surface area contributed by atoms with Crippen molar-refractivity contribution < 1.29 is 9.53 Å².